The smallest absolute Gasteiger partial charge is 0.367 e. The maximum absolute atomic E-state index is 12.7. The molecule has 6 nitrogen and oxygen atoms in total. The van der Waals surface area contributed by atoms with Crippen LogP contribution in [0.25, 0.3) is 5.65 Å². The molecular formula is C19H19F3N5O+. The minimum atomic E-state index is -4.37. The molecule has 0 bridgehead atoms. The van der Waals surface area contributed by atoms with Crippen LogP contribution in [0, 0.1) is 0 Å². The van der Waals surface area contributed by atoms with Gasteiger partial charge in [-0.25, -0.2) is 0 Å². The number of alkyl halides is 3. The maximum atomic E-state index is 12.7. The predicted molar refractivity (Wildman–Crippen MR) is 101 cm³/mol. The number of hydrogen-bond donors (Lipinski definition) is 2. The number of nitrogens with zero attached hydrogens (tertiary/aromatic N) is 3. The largest absolute Gasteiger partial charge is 0.416 e. The molecule has 0 amide bonds. The third kappa shape index (κ3) is 3.92. The van der Waals surface area contributed by atoms with Gasteiger partial charge in [0.2, 0.25) is 5.95 Å². The molecule has 9 heteroatoms. The van der Waals surface area contributed by atoms with Crippen LogP contribution in [0.3, 0.4) is 0 Å². The number of carbonyl (C=O) groups excluding carboxylic acids is 1. The van der Waals surface area contributed by atoms with E-state index in [1.165, 1.54) is 12.1 Å². The molecule has 0 aliphatic heterocycles. The van der Waals surface area contributed by atoms with Crippen molar-refractivity contribution in [2.75, 3.05) is 10.6 Å². The zero-order chi connectivity index (χ0) is 19.7. The molecule has 1 aliphatic rings. The van der Waals surface area contributed by atoms with Gasteiger partial charge in [0.1, 0.15) is 5.82 Å². The highest BCUT2D eigenvalue weighted by molar-refractivity contribution is 5.81. The first-order valence-corrected chi connectivity index (χ1v) is 8.99. The molecule has 1 aromatic carbocycles. The van der Waals surface area contributed by atoms with Crippen molar-refractivity contribution in [3.8, 4) is 0 Å². The third-order valence-corrected chi connectivity index (χ3v) is 4.68. The SMILES string of the molecule is [OH+]=C1CCC[C@H](Nc2cccc3nc(Nc4ccc(C(F)(F)F)cc4)nn23)C1. The monoisotopic (exact) mass is 390 g/mol. The number of fused-ring (bicyclic) bond motifs is 1. The fraction of sp³-hybridized carbons (Fsp3) is 0.316. The molecule has 0 spiro atoms. The van der Waals surface area contributed by atoms with Gasteiger partial charge in [0.25, 0.3) is 5.78 Å². The van der Waals surface area contributed by atoms with Crippen molar-refractivity contribution in [3.63, 3.8) is 0 Å². The number of rotatable bonds is 4. The summed E-state index contributed by atoms with van der Waals surface area (Å²) in [6.07, 6.45) is -1.15. The van der Waals surface area contributed by atoms with Gasteiger partial charge in [0, 0.05) is 11.7 Å². The highest BCUT2D eigenvalue weighted by atomic mass is 19.4. The number of nitrogens with one attached hydrogen (secondary N) is 2. The van der Waals surface area contributed by atoms with E-state index in [1.54, 1.807) is 10.6 Å². The predicted octanol–water partition coefficient (Wildman–Crippen LogP) is 4.39. The molecule has 0 saturated heterocycles. The number of benzene rings is 1. The quantitative estimate of drug-likeness (QED) is 0.648. The summed E-state index contributed by atoms with van der Waals surface area (Å²) in [7, 11) is 0. The van der Waals surface area contributed by atoms with Crippen molar-refractivity contribution in [2.24, 2.45) is 0 Å². The average molecular weight is 390 g/mol. The Labute approximate surface area is 158 Å². The molecule has 1 fully saturated rings. The number of anilines is 3. The molecule has 0 unspecified atom stereocenters. The summed E-state index contributed by atoms with van der Waals surface area (Å²) in [6.45, 7) is 0. The molecule has 3 N–H and O–H groups in total. The van der Waals surface area contributed by atoms with Crippen molar-refractivity contribution < 1.29 is 18.0 Å². The fourth-order valence-corrected chi connectivity index (χ4v) is 3.31. The lowest BCUT2D eigenvalue weighted by molar-refractivity contribution is -0.137. The summed E-state index contributed by atoms with van der Waals surface area (Å²) in [4.78, 5) is 14.1. The molecule has 2 aromatic heterocycles. The molecule has 2 heterocycles. The molecule has 28 heavy (non-hydrogen) atoms. The summed E-state index contributed by atoms with van der Waals surface area (Å²) in [5.41, 5.74) is 0.355. The Morgan fingerprint density at radius 3 is 2.61 bits per heavy atom. The Kier molecular flexibility index (Phi) is 4.66. The first-order valence-electron chi connectivity index (χ1n) is 8.99. The summed E-state index contributed by atoms with van der Waals surface area (Å²) >= 11 is 0. The molecular weight excluding hydrogens is 371 g/mol. The molecule has 0 radical (unpaired) electrons. The third-order valence-electron chi connectivity index (χ3n) is 4.68. The Morgan fingerprint density at radius 1 is 1.11 bits per heavy atom. The van der Waals surface area contributed by atoms with Crippen LogP contribution in [-0.2, 0) is 6.18 Å². The number of pyridine rings is 1. The van der Waals surface area contributed by atoms with Gasteiger partial charge < -0.3 is 10.6 Å². The number of hydrogen-bond acceptors (Lipinski definition) is 4. The van der Waals surface area contributed by atoms with Crippen molar-refractivity contribution in [1.82, 2.24) is 14.6 Å². The van der Waals surface area contributed by atoms with Crippen molar-refractivity contribution in [2.45, 2.75) is 37.9 Å². The minimum absolute atomic E-state index is 0.120. The van der Waals surface area contributed by atoms with Crippen LogP contribution in [0.1, 0.15) is 31.2 Å². The zero-order valence-corrected chi connectivity index (χ0v) is 14.9. The Balaban J connectivity index is 1.54. The molecule has 4 rings (SSSR count). The molecule has 1 atom stereocenters. The number of aromatic nitrogens is 3. The minimum Gasteiger partial charge on any atom is -0.367 e. The highest BCUT2D eigenvalue weighted by Gasteiger charge is 2.30. The van der Waals surface area contributed by atoms with E-state index in [9.17, 15) is 18.0 Å². The second-order valence-corrected chi connectivity index (χ2v) is 6.82. The standard InChI is InChI=1S/C19H18F3N5O/c20-19(21,22)12-7-9-13(10-8-12)24-18-25-17-6-2-5-16(27(17)26-18)23-14-3-1-4-15(28)11-14/h2,5-10,14,23H,1,3-4,11H2,(H,24,26)/p+1/t14-/m0/s1. The van der Waals surface area contributed by atoms with Gasteiger partial charge in [-0.15, -0.1) is 5.10 Å². The van der Waals surface area contributed by atoms with Crippen molar-refractivity contribution in [3.05, 3.63) is 48.0 Å². The van der Waals surface area contributed by atoms with E-state index < -0.39 is 11.7 Å². The van der Waals surface area contributed by atoms with Gasteiger partial charge >= 0.3 is 6.18 Å². The Morgan fingerprint density at radius 2 is 1.89 bits per heavy atom. The lowest BCUT2D eigenvalue weighted by Gasteiger charge is -2.21. The molecule has 3 aromatic rings. The average Bonchev–Trinajstić information content (AvgIpc) is 3.05. The van der Waals surface area contributed by atoms with Crippen LogP contribution in [0.15, 0.2) is 42.5 Å². The lowest BCUT2D eigenvalue weighted by atomic mass is 9.94. The molecule has 1 aliphatic carbocycles. The van der Waals surface area contributed by atoms with Gasteiger partial charge in [0.15, 0.2) is 5.65 Å². The normalized spacial score (nSPS) is 17.7. The zero-order valence-electron chi connectivity index (χ0n) is 14.9. The van der Waals surface area contributed by atoms with E-state index in [0.29, 0.717) is 23.5 Å². The first kappa shape index (κ1) is 18.3. The summed E-state index contributed by atoms with van der Waals surface area (Å²) < 4.78 is 39.7. The van der Waals surface area contributed by atoms with E-state index in [1.807, 2.05) is 12.1 Å². The second-order valence-electron chi connectivity index (χ2n) is 6.82. The summed E-state index contributed by atoms with van der Waals surface area (Å²) in [5, 5.41) is 10.7. The van der Waals surface area contributed by atoms with Crippen LogP contribution in [0.5, 0.6) is 0 Å². The van der Waals surface area contributed by atoms with Gasteiger partial charge in [0.05, 0.1) is 18.4 Å². The van der Waals surface area contributed by atoms with Gasteiger partial charge in [-0.05, 0) is 49.2 Å². The number of halogens is 3. The van der Waals surface area contributed by atoms with E-state index in [2.05, 4.69) is 20.7 Å². The van der Waals surface area contributed by atoms with E-state index in [-0.39, 0.29) is 12.0 Å². The Bertz CT molecular complexity index is 997. The second kappa shape index (κ2) is 7.14. The lowest BCUT2D eigenvalue weighted by Crippen LogP contribution is -2.28. The first-order chi connectivity index (χ1) is 13.4. The van der Waals surface area contributed by atoms with E-state index in [4.69, 9.17) is 0 Å². The Hall–Kier alpha value is -3.10. The van der Waals surface area contributed by atoms with Crippen LogP contribution in [0.4, 0.5) is 30.6 Å². The van der Waals surface area contributed by atoms with Crippen LogP contribution in [0.2, 0.25) is 0 Å². The van der Waals surface area contributed by atoms with Gasteiger partial charge in [-0.3, -0.25) is 4.79 Å². The van der Waals surface area contributed by atoms with Crippen molar-refractivity contribution >= 4 is 28.9 Å². The fourth-order valence-electron chi connectivity index (χ4n) is 3.31. The van der Waals surface area contributed by atoms with E-state index in [0.717, 1.165) is 37.2 Å². The van der Waals surface area contributed by atoms with Gasteiger partial charge in [-0.2, -0.15) is 22.7 Å². The van der Waals surface area contributed by atoms with Crippen molar-refractivity contribution in [1.29, 1.82) is 0 Å². The van der Waals surface area contributed by atoms with Gasteiger partial charge in [-0.1, -0.05) is 6.07 Å². The topological polar surface area (TPSA) is 75.7 Å². The molecule has 146 valence electrons. The van der Waals surface area contributed by atoms with Crippen LogP contribution < -0.4 is 10.6 Å². The van der Waals surface area contributed by atoms with E-state index >= 15 is 0 Å². The number of ketones is 1. The van der Waals surface area contributed by atoms with Crippen LogP contribution in [-0.4, -0.2) is 31.2 Å². The highest BCUT2D eigenvalue weighted by Crippen LogP contribution is 2.30. The summed E-state index contributed by atoms with van der Waals surface area (Å²) in [5.74, 6) is 1.52. The summed E-state index contributed by atoms with van der Waals surface area (Å²) in [6, 6.07) is 10.3. The maximum Gasteiger partial charge on any atom is 0.416 e. The van der Waals surface area contributed by atoms with Crippen LogP contribution >= 0.6 is 0 Å². The molecule has 1 saturated carbocycles.